The molecule has 90 valence electrons. The molecule has 17 heavy (non-hydrogen) atoms. The molecule has 0 aliphatic rings. The van der Waals surface area contributed by atoms with Crippen LogP contribution in [-0.4, -0.2) is 5.11 Å². The molecular weight excluding hydrogens is 310 g/mol. The van der Waals surface area contributed by atoms with Crippen LogP contribution in [0.15, 0.2) is 39.2 Å². The molecule has 1 unspecified atom stereocenters. The second-order valence-corrected chi connectivity index (χ2v) is 4.84. The Labute approximate surface area is 111 Å². The van der Waals surface area contributed by atoms with Gasteiger partial charge >= 0.3 is 0 Å². The number of hydrogen-bond donors (Lipinski definition) is 1. The Morgan fingerprint density at radius 2 is 2.12 bits per heavy atom. The summed E-state index contributed by atoms with van der Waals surface area (Å²) >= 11 is 8.71. The third kappa shape index (κ3) is 3.09. The minimum absolute atomic E-state index is 0.235. The Kier molecular flexibility index (Phi) is 3.86. The minimum atomic E-state index is -0.792. The van der Waals surface area contributed by atoms with Crippen LogP contribution in [0.5, 0.6) is 0 Å². The number of halogens is 3. The van der Waals surface area contributed by atoms with Gasteiger partial charge in [0, 0.05) is 6.42 Å². The van der Waals surface area contributed by atoms with E-state index in [-0.39, 0.29) is 11.0 Å². The highest BCUT2D eigenvalue weighted by atomic mass is 79.9. The first-order valence-corrected chi connectivity index (χ1v) is 6.10. The van der Waals surface area contributed by atoms with Gasteiger partial charge in [-0.15, -0.1) is 0 Å². The van der Waals surface area contributed by atoms with Gasteiger partial charge in [0.1, 0.15) is 17.7 Å². The molecule has 0 aliphatic heterocycles. The molecule has 1 atom stereocenters. The minimum Gasteiger partial charge on any atom is -0.447 e. The third-order valence-corrected chi connectivity index (χ3v) is 3.15. The van der Waals surface area contributed by atoms with Crippen molar-refractivity contribution in [2.45, 2.75) is 12.5 Å². The maximum absolute atomic E-state index is 13.0. The summed E-state index contributed by atoms with van der Waals surface area (Å²) in [5, 5.41) is 10.1. The highest BCUT2D eigenvalue weighted by molar-refractivity contribution is 9.10. The van der Waals surface area contributed by atoms with E-state index in [9.17, 15) is 9.50 Å². The SMILES string of the molecule is OC(Cc1ccc(F)c(Br)c1)c1ccc(Cl)o1. The van der Waals surface area contributed by atoms with Crippen molar-refractivity contribution in [2.75, 3.05) is 0 Å². The molecule has 2 rings (SSSR count). The molecule has 1 aromatic carbocycles. The fourth-order valence-electron chi connectivity index (χ4n) is 1.50. The average Bonchev–Trinajstić information content (AvgIpc) is 2.70. The van der Waals surface area contributed by atoms with Crippen molar-refractivity contribution in [3.63, 3.8) is 0 Å². The van der Waals surface area contributed by atoms with Crippen LogP contribution < -0.4 is 0 Å². The Bertz CT molecular complexity index is 527. The lowest BCUT2D eigenvalue weighted by molar-refractivity contribution is 0.150. The standard InChI is InChI=1S/C12H9BrClFO2/c13-8-5-7(1-2-9(8)15)6-10(16)11-3-4-12(14)17-11/h1-5,10,16H,6H2. The van der Waals surface area contributed by atoms with Crippen LogP contribution in [0.4, 0.5) is 4.39 Å². The molecule has 0 fully saturated rings. The van der Waals surface area contributed by atoms with Crippen LogP contribution in [0, 0.1) is 5.82 Å². The van der Waals surface area contributed by atoms with Gasteiger partial charge in [-0.2, -0.15) is 0 Å². The van der Waals surface area contributed by atoms with Crippen LogP contribution >= 0.6 is 27.5 Å². The van der Waals surface area contributed by atoms with E-state index in [1.807, 2.05) is 0 Å². The van der Waals surface area contributed by atoms with Gasteiger partial charge in [-0.1, -0.05) is 6.07 Å². The van der Waals surface area contributed by atoms with Crippen LogP contribution in [0.1, 0.15) is 17.4 Å². The van der Waals surface area contributed by atoms with E-state index in [1.165, 1.54) is 6.07 Å². The lowest BCUT2D eigenvalue weighted by Gasteiger charge is -2.08. The van der Waals surface area contributed by atoms with Gasteiger partial charge in [0.05, 0.1) is 4.47 Å². The van der Waals surface area contributed by atoms with Crippen molar-refractivity contribution in [1.82, 2.24) is 0 Å². The van der Waals surface area contributed by atoms with E-state index >= 15 is 0 Å². The van der Waals surface area contributed by atoms with Gasteiger partial charge in [-0.05, 0) is 57.4 Å². The maximum atomic E-state index is 13.0. The van der Waals surface area contributed by atoms with Crippen molar-refractivity contribution in [3.8, 4) is 0 Å². The van der Waals surface area contributed by atoms with Crippen molar-refractivity contribution < 1.29 is 13.9 Å². The molecular formula is C12H9BrClFO2. The molecule has 0 aliphatic carbocycles. The summed E-state index contributed by atoms with van der Waals surface area (Å²) in [6, 6.07) is 7.78. The number of benzene rings is 1. The summed E-state index contributed by atoms with van der Waals surface area (Å²) in [7, 11) is 0. The number of aliphatic hydroxyl groups excluding tert-OH is 1. The van der Waals surface area contributed by atoms with E-state index in [0.29, 0.717) is 16.7 Å². The fraction of sp³-hybridized carbons (Fsp3) is 0.167. The number of hydrogen-bond acceptors (Lipinski definition) is 2. The Morgan fingerprint density at radius 1 is 1.35 bits per heavy atom. The van der Waals surface area contributed by atoms with Gasteiger partial charge in [0.15, 0.2) is 5.22 Å². The second-order valence-electron chi connectivity index (χ2n) is 3.61. The zero-order valence-electron chi connectivity index (χ0n) is 8.66. The molecule has 1 heterocycles. The van der Waals surface area contributed by atoms with Gasteiger partial charge in [0.25, 0.3) is 0 Å². The number of rotatable bonds is 3. The molecule has 2 nitrogen and oxygen atoms in total. The number of aliphatic hydroxyl groups is 1. The molecule has 1 aromatic heterocycles. The predicted molar refractivity (Wildman–Crippen MR) is 66.5 cm³/mol. The van der Waals surface area contributed by atoms with Gasteiger partial charge in [-0.3, -0.25) is 0 Å². The highest BCUT2D eigenvalue weighted by Gasteiger charge is 2.13. The molecule has 5 heteroatoms. The molecule has 0 amide bonds. The smallest absolute Gasteiger partial charge is 0.193 e. The maximum Gasteiger partial charge on any atom is 0.193 e. The zero-order valence-corrected chi connectivity index (χ0v) is 11.0. The first kappa shape index (κ1) is 12.6. The largest absolute Gasteiger partial charge is 0.447 e. The quantitative estimate of drug-likeness (QED) is 0.923. The van der Waals surface area contributed by atoms with E-state index in [2.05, 4.69) is 15.9 Å². The van der Waals surface area contributed by atoms with E-state index < -0.39 is 6.10 Å². The number of furan rings is 1. The first-order chi connectivity index (χ1) is 8.06. The van der Waals surface area contributed by atoms with Crippen LogP contribution in [-0.2, 0) is 6.42 Å². The average molecular weight is 320 g/mol. The second kappa shape index (κ2) is 5.21. The van der Waals surface area contributed by atoms with Gasteiger partial charge in [0.2, 0.25) is 0 Å². The molecule has 0 radical (unpaired) electrons. The summed E-state index contributed by atoms with van der Waals surface area (Å²) in [6.45, 7) is 0. The normalized spacial score (nSPS) is 12.7. The molecule has 2 aromatic rings. The summed E-state index contributed by atoms with van der Waals surface area (Å²) in [6.07, 6.45) is -0.456. The zero-order chi connectivity index (χ0) is 12.4. The van der Waals surface area contributed by atoms with E-state index in [1.54, 1.807) is 24.3 Å². The van der Waals surface area contributed by atoms with Crippen molar-refractivity contribution in [3.05, 3.63) is 57.2 Å². The summed E-state index contributed by atoms with van der Waals surface area (Å²) in [5.74, 6) is 0.0692. The monoisotopic (exact) mass is 318 g/mol. The van der Waals surface area contributed by atoms with E-state index in [4.69, 9.17) is 16.0 Å². The molecule has 0 saturated carbocycles. The van der Waals surface area contributed by atoms with Crippen molar-refractivity contribution in [1.29, 1.82) is 0 Å². The Morgan fingerprint density at radius 3 is 2.71 bits per heavy atom. The van der Waals surface area contributed by atoms with Gasteiger partial charge in [-0.25, -0.2) is 4.39 Å². The summed E-state index contributed by atoms with van der Waals surface area (Å²) < 4.78 is 18.5. The molecule has 0 spiro atoms. The van der Waals surface area contributed by atoms with Crippen molar-refractivity contribution in [2.24, 2.45) is 0 Å². The van der Waals surface area contributed by atoms with Crippen LogP contribution in [0.2, 0.25) is 5.22 Å². The van der Waals surface area contributed by atoms with Crippen molar-refractivity contribution >= 4 is 27.5 Å². The first-order valence-electron chi connectivity index (χ1n) is 4.93. The van der Waals surface area contributed by atoms with Crippen LogP contribution in [0.25, 0.3) is 0 Å². The molecule has 1 N–H and O–H groups in total. The van der Waals surface area contributed by atoms with E-state index in [0.717, 1.165) is 5.56 Å². The Balaban J connectivity index is 2.12. The third-order valence-electron chi connectivity index (χ3n) is 2.34. The highest BCUT2D eigenvalue weighted by Crippen LogP contribution is 2.25. The summed E-state index contributed by atoms with van der Waals surface area (Å²) in [4.78, 5) is 0. The summed E-state index contributed by atoms with van der Waals surface area (Å²) in [5.41, 5.74) is 0.804. The molecule has 0 bridgehead atoms. The topological polar surface area (TPSA) is 33.4 Å². The lowest BCUT2D eigenvalue weighted by Crippen LogP contribution is -2.00. The lowest BCUT2D eigenvalue weighted by atomic mass is 10.1. The fourth-order valence-corrected chi connectivity index (χ4v) is 2.08. The Hall–Kier alpha value is -0.840. The predicted octanol–water partition coefficient (Wildman–Crippen LogP) is 4.11. The van der Waals surface area contributed by atoms with Crippen LogP contribution in [0.3, 0.4) is 0 Å². The van der Waals surface area contributed by atoms with Gasteiger partial charge < -0.3 is 9.52 Å². The molecule has 0 saturated heterocycles.